The molecule has 0 radical (unpaired) electrons. The zero-order chi connectivity index (χ0) is 28.7. The van der Waals surface area contributed by atoms with Gasteiger partial charge >= 0.3 is 11.9 Å². The van der Waals surface area contributed by atoms with Crippen molar-refractivity contribution in [2.75, 3.05) is 13.2 Å². The van der Waals surface area contributed by atoms with Crippen molar-refractivity contribution < 1.29 is 61.3 Å². The molecule has 0 aromatic rings. The van der Waals surface area contributed by atoms with Crippen molar-refractivity contribution in [1.29, 1.82) is 0 Å². The van der Waals surface area contributed by atoms with Gasteiger partial charge in [0.05, 0.1) is 6.61 Å². The minimum Gasteiger partial charge on any atom is -0.452 e. The summed E-state index contributed by atoms with van der Waals surface area (Å²) in [6.07, 6.45) is 3.76. The number of ether oxygens (including phenoxy) is 2. The van der Waals surface area contributed by atoms with Crippen molar-refractivity contribution in [1.82, 2.24) is 6.15 Å². The molecule has 0 bridgehead atoms. The average Bonchev–Trinajstić information content (AvgIpc) is 2.94. The summed E-state index contributed by atoms with van der Waals surface area (Å²) in [5, 5.41) is 9.25. The second kappa shape index (κ2) is 27.9. The second-order valence-corrected chi connectivity index (χ2v) is 5.33. The molecule has 0 spiro atoms. The molecule has 0 aliphatic heterocycles. The van der Waals surface area contributed by atoms with E-state index < -0.39 is 31.3 Å². The first-order valence-corrected chi connectivity index (χ1v) is 10.0. The molecule has 0 aromatic carbocycles. The first kappa shape index (κ1) is 34.9. The summed E-state index contributed by atoms with van der Waals surface area (Å²) in [7, 11) is 0. The van der Waals surface area contributed by atoms with Gasteiger partial charge < -0.3 is 20.7 Å². The van der Waals surface area contributed by atoms with Gasteiger partial charge in [-0.1, -0.05) is 5.92 Å². The van der Waals surface area contributed by atoms with Crippen LogP contribution in [-0.4, -0.2) is 36.4 Å². The van der Waals surface area contributed by atoms with Gasteiger partial charge in [-0.3, -0.25) is 0 Å². The Labute approximate surface area is 273 Å². The summed E-state index contributed by atoms with van der Waals surface area (Å²) < 4.78 is 9.61. The number of rotatable bonds is 4. The van der Waals surface area contributed by atoms with Crippen LogP contribution in [-0.2, 0) is 19.1 Å². The molecular weight excluding hydrogens is 502 g/mol. The van der Waals surface area contributed by atoms with E-state index in [0.29, 0.717) is 0 Å². The summed E-state index contributed by atoms with van der Waals surface area (Å²) in [6, 6.07) is 0. The van der Waals surface area contributed by atoms with Gasteiger partial charge in [0.15, 0.2) is 6.10 Å². The molecule has 0 saturated carbocycles. The fourth-order valence-corrected chi connectivity index (χ4v) is 1.37. The number of hydrogen-bond donors (Lipinski definition) is 2. The van der Waals surface area contributed by atoms with E-state index in [1.807, 2.05) is 0 Å². The van der Waals surface area contributed by atoms with Crippen molar-refractivity contribution in [2.24, 2.45) is 0 Å². The van der Waals surface area contributed by atoms with E-state index in [2.05, 4.69) is 160 Å². The lowest BCUT2D eigenvalue weighted by Gasteiger charge is -2.12. The van der Waals surface area contributed by atoms with Crippen LogP contribution in [0, 0.1) is 166 Å². The fraction of sp³-hybridized carbons (Fsp3) is 0.118. The van der Waals surface area contributed by atoms with Crippen LogP contribution in [0.5, 0.6) is 0 Å². The Kier molecular flexibility index (Phi) is 24.4. The molecule has 0 aromatic heterocycles. The summed E-state index contributed by atoms with van der Waals surface area (Å²) in [6.45, 7) is 0.582. The van der Waals surface area contributed by atoms with Crippen LogP contribution in [0.4, 0.5) is 0 Å². The lowest BCUT2D eigenvalue weighted by atomic mass is 10.4. The third-order valence-corrected chi connectivity index (χ3v) is 2.72. The highest BCUT2D eigenvalue weighted by Crippen LogP contribution is 1.94. The van der Waals surface area contributed by atoms with E-state index in [9.17, 15) is 14.7 Å². The molecule has 236 valence electrons. The number of aliphatic hydroxyl groups is 1. The molecule has 0 fully saturated rings. The maximum Gasteiger partial charge on any atom is 0.385 e. The molecule has 40 heavy (non-hydrogen) atoms. The molecule has 0 rings (SSSR count). The zero-order valence-corrected chi connectivity index (χ0v) is 20.9. The monoisotopic (exact) mass is 567 g/mol. The highest BCUT2D eigenvalue weighted by Gasteiger charge is 2.14. The number of terminal acetylenes is 1. The first-order valence-electron chi connectivity index (χ1n) is 10.0. The van der Waals surface area contributed by atoms with Crippen LogP contribution >= 0.6 is 0 Å². The summed E-state index contributed by atoms with van der Waals surface area (Å²) >= 11 is 0. The topological polar surface area (TPSA) is 108 Å². The van der Waals surface area contributed by atoms with E-state index in [-0.39, 0.29) is 43.2 Å². The molecule has 0 aliphatic rings. The summed E-state index contributed by atoms with van der Waals surface area (Å²) in [5.74, 6) is 61.7. The zero-order valence-electron chi connectivity index (χ0n) is 20.9. The maximum atomic E-state index is 11.6. The molecule has 0 saturated heterocycles. The van der Waals surface area contributed by atoms with Gasteiger partial charge in [0.1, 0.15) is 6.61 Å². The molecule has 4 N–H and O–H groups in total. The SMILES string of the molecule is C#CC#CC#CC#CC#CC#CC#CC(=O)O[C@H](CO)COC(=O)C#CC#CC#CC#CC#CC#CC#CC.N.[HH].[HH].[HH].[HH].[HH].[HH].[HH].[HH].[HH].[HH].[HH].[HH].[HH].[HH].[HH].[HH].[HH].[HH].[HH].[HH].[HH].[HH].[HH].[HH].[HH].[HH]. The predicted octanol–water partition coefficient (Wildman–Crippen LogP) is 5.69. The minimum atomic E-state index is -1.16. The minimum absolute atomic E-state index is 0. The van der Waals surface area contributed by atoms with E-state index in [1.165, 1.54) is 0 Å². The Morgan fingerprint density at radius 2 is 0.975 bits per heavy atom. The molecule has 0 aliphatic carbocycles. The molecule has 0 amide bonds. The number of carbonyl (C=O) groups excluding carboxylic acids is 2. The Hall–Kier alpha value is -7.30. The highest BCUT2D eigenvalue weighted by atomic mass is 16.6. The van der Waals surface area contributed by atoms with Gasteiger partial charge in [-0.2, -0.15) is 0 Å². The first-order chi connectivity index (χ1) is 19.1. The smallest absolute Gasteiger partial charge is 0.385 e. The maximum absolute atomic E-state index is 11.6. The van der Waals surface area contributed by atoms with Gasteiger partial charge in [-0.05, 0) is 149 Å². The molecule has 6 nitrogen and oxygen atoms in total. The van der Waals surface area contributed by atoms with Gasteiger partial charge in [0.25, 0.3) is 0 Å². The van der Waals surface area contributed by atoms with E-state index in [4.69, 9.17) is 15.9 Å². The average molecular weight is 568 g/mol. The van der Waals surface area contributed by atoms with Crippen LogP contribution in [0.2, 0.25) is 0 Å². The Morgan fingerprint density at radius 3 is 1.35 bits per heavy atom. The van der Waals surface area contributed by atoms with E-state index >= 15 is 0 Å². The van der Waals surface area contributed by atoms with Crippen LogP contribution < -0.4 is 6.15 Å². The van der Waals surface area contributed by atoms with Gasteiger partial charge in [0, 0.05) is 48.9 Å². The van der Waals surface area contributed by atoms with Crippen molar-refractivity contribution in [2.45, 2.75) is 13.0 Å². The van der Waals surface area contributed by atoms with Crippen molar-refractivity contribution >= 4 is 11.9 Å². The number of hydrogen-bond acceptors (Lipinski definition) is 6. The fourth-order valence-electron chi connectivity index (χ4n) is 1.37. The van der Waals surface area contributed by atoms with E-state index in [0.717, 1.165) is 0 Å². The lowest BCUT2D eigenvalue weighted by molar-refractivity contribution is -0.153. The third kappa shape index (κ3) is 25.3. The van der Waals surface area contributed by atoms with Gasteiger partial charge in [-0.25, -0.2) is 9.59 Å². The summed E-state index contributed by atoms with van der Waals surface area (Å²) in [5.41, 5.74) is 0. The largest absolute Gasteiger partial charge is 0.452 e. The van der Waals surface area contributed by atoms with Crippen LogP contribution in [0.25, 0.3) is 0 Å². The van der Waals surface area contributed by atoms with Crippen LogP contribution in [0.15, 0.2) is 0 Å². The quantitative estimate of drug-likeness (QED) is 0.257. The molecule has 0 heterocycles. The standard InChI is InChI=1S/C34H10O5.H3N.26H2/c1-3-5-7-9-11-13-15-17-19-20-22-24-26-28-33(36)38-31-32(30-35)39-34(37)29-27-25-23-21-18-16-14-12-10-8-6-4-2;;;;;;;;;;;;;;;;;;;;;;;;;;;/h2,32,35H,30-31H2,1H3;1H3;26*1H/t32-;;;;;;;;;;;;;;;;;;;;;;;;;;;/m1.........................../s1. The molecule has 1 atom stereocenters. The predicted molar refractivity (Wildman–Crippen MR) is 204 cm³/mol. The lowest BCUT2D eigenvalue weighted by Crippen LogP contribution is -2.27. The Bertz CT molecular complexity index is 1920. The highest BCUT2D eigenvalue weighted by molar-refractivity contribution is 5.90. The third-order valence-electron chi connectivity index (χ3n) is 2.72. The number of aliphatic hydroxyl groups excluding tert-OH is 1. The molecule has 6 heteroatoms. The van der Waals surface area contributed by atoms with Crippen molar-refractivity contribution in [3.63, 3.8) is 0 Å². The number of carbonyl (C=O) groups is 2. The molecule has 0 unspecified atom stereocenters. The van der Waals surface area contributed by atoms with E-state index in [1.54, 1.807) is 6.92 Å². The summed E-state index contributed by atoms with van der Waals surface area (Å²) in [4.78, 5) is 23.2. The normalized spacial score (nSPS) is 6.22. The van der Waals surface area contributed by atoms with Crippen molar-refractivity contribution in [3.05, 3.63) is 0 Å². The van der Waals surface area contributed by atoms with Crippen LogP contribution in [0.3, 0.4) is 0 Å². The van der Waals surface area contributed by atoms with Gasteiger partial charge in [0.2, 0.25) is 0 Å². The second-order valence-electron chi connectivity index (χ2n) is 5.33. The molecular formula is C34H65NO5. The Balaban J connectivity index is -0.0000000206. The Morgan fingerprint density at radius 1 is 0.625 bits per heavy atom. The van der Waals surface area contributed by atoms with Crippen molar-refractivity contribution in [3.8, 4) is 166 Å². The van der Waals surface area contributed by atoms with Crippen LogP contribution in [0.1, 0.15) is 44.0 Å². The van der Waals surface area contributed by atoms with Gasteiger partial charge in [-0.15, -0.1) is 6.42 Å². The number of esters is 2.